The lowest BCUT2D eigenvalue weighted by Gasteiger charge is -2.13. The van der Waals surface area contributed by atoms with E-state index in [0.29, 0.717) is 22.8 Å². The Bertz CT molecular complexity index is 593. The summed E-state index contributed by atoms with van der Waals surface area (Å²) < 4.78 is 24.4. The number of hydrogen-bond donors (Lipinski definition) is 1. The summed E-state index contributed by atoms with van der Waals surface area (Å²) in [7, 11) is -3.27. The second-order valence-electron chi connectivity index (χ2n) is 3.85. The van der Waals surface area contributed by atoms with Crippen molar-refractivity contribution in [2.45, 2.75) is 11.8 Å². The molecule has 0 atom stereocenters. The van der Waals surface area contributed by atoms with Crippen LogP contribution in [0.25, 0.3) is 5.70 Å². The lowest BCUT2D eigenvalue weighted by atomic mass is 10.1. The Kier molecular flexibility index (Phi) is 3.29. The van der Waals surface area contributed by atoms with E-state index in [1.54, 1.807) is 12.1 Å². The van der Waals surface area contributed by atoms with E-state index in [1.165, 1.54) is 6.26 Å². The molecule has 1 N–H and O–H groups in total. The third-order valence-corrected chi connectivity index (χ3v) is 4.58. The van der Waals surface area contributed by atoms with Crippen molar-refractivity contribution in [3.63, 3.8) is 0 Å². The van der Waals surface area contributed by atoms with E-state index in [4.69, 9.17) is 4.84 Å². The maximum Gasteiger partial charge on any atom is 0.176 e. The van der Waals surface area contributed by atoms with E-state index in [2.05, 4.69) is 21.4 Å². The Balaban J connectivity index is 2.73. The van der Waals surface area contributed by atoms with Crippen molar-refractivity contribution in [1.29, 1.82) is 0 Å². The summed E-state index contributed by atoms with van der Waals surface area (Å²) >= 11 is 3.40. The summed E-state index contributed by atoms with van der Waals surface area (Å²) in [5, 5.41) is 0. The van der Waals surface area contributed by atoms with E-state index in [0.717, 1.165) is 10.0 Å². The molecule has 0 saturated carbocycles. The third-order valence-electron chi connectivity index (χ3n) is 2.58. The smallest absolute Gasteiger partial charge is 0.176 e. The first kappa shape index (κ1) is 12.6. The lowest BCUT2D eigenvalue weighted by molar-refractivity contribution is 0.121. The minimum atomic E-state index is -3.27. The highest BCUT2D eigenvalue weighted by Crippen LogP contribution is 2.31. The fourth-order valence-corrected chi connectivity index (χ4v) is 3.02. The van der Waals surface area contributed by atoms with Gasteiger partial charge in [-0.15, -0.1) is 0 Å². The molecule has 0 radical (unpaired) electrons. The fourth-order valence-electron chi connectivity index (χ4n) is 1.74. The van der Waals surface area contributed by atoms with E-state index >= 15 is 0 Å². The van der Waals surface area contributed by atoms with Gasteiger partial charge in [0.2, 0.25) is 0 Å². The number of rotatable bonds is 2. The molecule has 2 rings (SSSR count). The minimum Gasteiger partial charge on any atom is -0.272 e. The first-order valence-electron chi connectivity index (χ1n) is 4.99. The van der Waals surface area contributed by atoms with Crippen LogP contribution >= 0.6 is 15.9 Å². The summed E-state index contributed by atoms with van der Waals surface area (Å²) in [5.74, 6) is 0. The Morgan fingerprint density at radius 3 is 2.65 bits per heavy atom. The number of hydrogen-bond acceptors (Lipinski definition) is 4. The number of sulfone groups is 1. The van der Waals surface area contributed by atoms with Crippen LogP contribution in [0.3, 0.4) is 0 Å². The second-order valence-corrected chi connectivity index (χ2v) is 6.69. The maximum atomic E-state index is 11.8. The summed E-state index contributed by atoms with van der Waals surface area (Å²) in [6, 6.07) is 3.34. The van der Waals surface area contributed by atoms with E-state index in [1.807, 2.05) is 13.0 Å². The van der Waals surface area contributed by atoms with Crippen LogP contribution in [0.4, 0.5) is 0 Å². The van der Waals surface area contributed by atoms with Gasteiger partial charge in [0.25, 0.3) is 0 Å². The number of benzene rings is 1. The van der Waals surface area contributed by atoms with Gasteiger partial charge in [0.1, 0.15) is 0 Å². The van der Waals surface area contributed by atoms with E-state index < -0.39 is 9.84 Å². The van der Waals surface area contributed by atoms with Crippen LogP contribution in [0.1, 0.15) is 11.1 Å². The monoisotopic (exact) mass is 317 g/mol. The van der Waals surface area contributed by atoms with Gasteiger partial charge in [-0.25, -0.2) is 8.42 Å². The molecule has 0 unspecified atom stereocenters. The van der Waals surface area contributed by atoms with Gasteiger partial charge in [-0.3, -0.25) is 10.3 Å². The van der Waals surface area contributed by atoms with Crippen LogP contribution in [0, 0.1) is 6.92 Å². The van der Waals surface area contributed by atoms with Gasteiger partial charge < -0.3 is 0 Å². The SMILES string of the molecule is Cc1c(Br)ccc(S(C)(=O)=O)c1C1=CCON1. The molecular weight excluding hydrogens is 306 g/mol. The van der Waals surface area contributed by atoms with Crippen molar-refractivity contribution in [2.75, 3.05) is 12.9 Å². The van der Waals surface area contributed by atoms with Crippen LogP contribution in [0.2, 0.25) is 0 Å². The fraction of sp³-hybridized carbons (Fsp3) is 0.273. The molecular formula is C11H12BrNO3S. The Morgan fingerprint density at radius 2 is 2.12 bits per heavy atom. The molecule has 0 spiro atoms. The van der Waals surface area contributed by atoms with Crippen molar-refractivity contribution in [3.8, 4) is 0 Å². The Hall–Kier alpha value is -0.850. The maximum absolute atomic E-state index is 11.8. The zero-order chi connectivity index (χ0) is 12.6. The minimum absolute atomic E-state index is 0.308. The Labute approximate surface area is 109 Å². The molecule has 4 nitrogen and oxygen atoms in total. The van der Waals surface area contributed by atoms with Crippen LogP contribution in [-0.4, -0.2) is 21.3 Å². The van der Waals surface area contributed by atoms with Gasteiger partial charge in [0.05, 0.1) is 17.2 Å². The third kappa shape index (κ3) is 2.38. The van der Waals surface area contributed by atoms with Crippen LogP contribution in [0.15, 0.2) is 27.6 Å². The molecule has 0 amide bonds. The Morgan fingerprint density at radius 1 is 1.41 bits per heavy atom. The quantitative estimate of drug-likeness (QED) is 0.907. The molecule has 6 heteroatoms. The first-order valence-corrected chi connectivity index (χ1v) is 7.67. The molecule has 1 aliphatic rings. The van der Waals surface area contributed by atoms with Gasteiger partial charge in [-0.1, -0.05) is 15.9 Å². The molecule has 1 aromatic rings. The van der Waals surface area contributed by atoms with Crippen LogP contribution < -0.4 is 5.48 Å². The van der Waals surface area contributed by atoms with Crippen molar-refractivity contribution < 1.29 is 13.3 Å². The summed E-state index contributed by atoms with van der Waals surface area (Å²) in [6.45, 7) is 2.30. The second kappa shape index (κ2) is 4.44. The van der Waals surface area contributed by atoms with Crippen molar-refractivity contribution in [1.82, 2.24) is 5.48 Å². The molecule has 0 fully saturated rings. The topological polar surface area (TPSA) is 55.4 Å². The molecule has 0 saturated heterocycles. The van der Waals surface area contributed by atoms with Gasteiger partial charge in [-0.2, -0.15) is 0 Å². The van der Waals surface area contributed by atoms with Gasteiger partial charge >= 0.3 is 0 Å². The average Bonchev–Trinajstić information content (AvgIpc) is 2.73. The molecule has 0 bridgehead atoms. The largest absolute Gasteiger partial charge is 0.272 e. The molecule has 1 aliphatic heterocycles. The van der Waals surface area contributed by atoms with Crippen molar-refractivity contribution in [2.24, 2.45) is 0 Å². The van der Waals surface area contributed by atoms with Crippen molar-refractivity contribution in [3.05, 3.63) is 33.8 Å². The highest BCUT2D eigenvalue weighted by molar-refractivity contribution is 9.10. The molecule has 0 aliphatic carbocycles. The lowest BCUT2D eigenvalue weighted by Crippen LogP contribution is -2.11. The molecule has 92 valence electrons. The summed E-state index contributed by atoms with van der Waals surface area (Å²) in [6.07, 6.45) is 3.03. The first-order chi connectivity index (χ1) is 7.91. The average molecular weight is 318 g/mol. The van der Waals surface area contributed by atoms with E-state index in [9.17, 15) is 8.42 Å². The van der Waals surface area contributed by atoms with Crippen LogP contribution in [-0.2, 0) is 14.7 Å². The summed E-state index contributed by atoms with van der Waals surface area (Å²) in [5.41, 5.74) is 4.97. The van der Waals surface area contributed by atoms with Gasteiger partial charge in [0.15, 0.2) is 9.84 Å². The predicted octanol–water partition coefficient (Wildman–Crippen LogP) is 2.04. The molecule has 17 heavy (non-hydrogen) atoms. The normalized spacial score (nSPS) is 15.6. The zero-order valence-electron chi connectivity index (χ0n) is 9.45. The van der Waals surface area contributed by atoms with Gasteiger partial charge in [0, 0.05) is 16.3 Å². The number of hydroxylamine groups is 1. The highest BCUT2D eigenvalue weighted by Gasteiger charge is 2.21. The summed E-state index contributed by atoms with van der Waals surface area (Å²) in [4.78, 5) is 5.33. The van der Waals surface area contributed by atoms with E-state index in [-0.39, 0.29) is 0 Å². The molecule has 0 aromatic heterocycles. The zero-order valence-corrected chi connectivity index (χ0v) is 11.9. The molecule has 1 heterocycles. The number of nitrogens with one attached hydrogen (secondary N) is 1. The van der Waals surface area contributed by atoms with Crippen LogP contribution in [0.5, 0.6) is 0 Å². The van der Waals surface area contributed by atoms with Gasteiger partial charge in [-0.05, 0) is 30.7 Å². The predicted molar refractivity (Wildman–Crippen MR) is 69.1 cm³/mol. The molecule has 1 aromatic carbocycles. The van der Waals surface area contributed by atoms with Crippen molar-refractivity contribution >= 4 is 31.5 Å². The number of halogens is 1. The standard InChI is InChI=1S/C11H12BrNO3S/c1-7-8(12)3-4-10(17(2,14)15)11(7)9-5-6-16-13-9/h3-5,13H,6H2,1-2H3. The highest BCUT2D eigenvalue weighted by atomic mass is 79.9.